The van der Waals surface area contributed by atoms with Crippen LogP contribution in [0.4, 0.5) is 0 Å². The first-order valence-electron chi connectivity index (χ1n) is 8.41. The van der Waals surface area contributed by atoms with E-state index >= 15 is 0 Å². The molecular weight excluding hydrogens is 280 g/mol. The van der Waals surface area contributed by atoms with Gasteiger partial charge in [-0.3, -0.25) is 4.90 Å². The lowest BCUT2D eigenvalue weighted by Gasteiger charge is -2.36. The summed E-state index contributed by atoms with van der Waals surface area (Å²) >= 11 is 0. The van der Waals surface area contributed by atoms with Gasteiger partial charge in [0.05, 0.1) is 6.04 Å². The highest BCUT2D eigenvalue weighted by molar-refractivity contribution is 5.86. The van der Waals surface area contributed by atoms with Crippen LogP contribution in [0.5, 0.6) is 0 Å². The number of hydrogen-bond acceptors (Lipinski definition) is 2. The Morgan fingerprint density at radius 1 is 0.739 bits per heavy atom. The van der Waals surface area contributed by atoms with Crippen molar-refractivity contribution in [2.75, 3.05) is 26.2 Å². The normalized spacial score (nSPS) is 17.2. The SMILES string of the molecule is c1ccc(C(c2cccc3ccccc23)N2CCNCC2)cc1. The van der Waals surface area contributed by atoms with Gasteiger partial charge >= 0.3 is 0 Å². The van der Waals surface area contributed by atoms with Crippen LogP contribution in [0.2, 0.25) is 0 Å². The number of nitrogens with one attached hydrogen (secondary N) is 1. The van der Waals surface area contributed by atoms with E-state index in [2.05, 4.69) is 83.0 Å². The van der Waals surface area contributed by atoms with Gasteiger partial charge < -0.3 is 5.32 Å². The third-order valence-electron chi connectivity index (χ3n) is 4.75. The molecule has 3 aromatic carbocycles. The van der Waals surface area contributed by atoms with Gasteiger partial charge in [-0.25, -0.2) is 0 Å². The van der Waals surface area contributed by atoms with Gasteiger partial charge in [0.15, 0.2) is 0 Å². The van der Waals surface area contributed by atoms with Gasteiger partial charge in [0.2, 0.25) is 0 Å². The minimum absolute atomic E-state index is 0.324. The fourth-order valence-corrected chi connectivity index (χ4v) is 3.65. The summed E-state index contributed by atoms with van der Waals surface area (Å²) in [6, 6.07) is 26.7. The number of piperazine rings is 1. The molecule has 1 aliphatic heterocycles. The van der Waals surface area contributed by atoms with Crippen molar-refractivity contribution in [1.82, 2.24) is 10.2 Å². The van der Waals surface area contributed by atoms with Crippen molar-refractivity contribution in [2.45, 2.75) is 6.04 Å². The standard InChI is InChI=1S/C21H22N2/c1-2-8-18(9-3-1)21(23-15-13-22-14-16-23)20-12-6-10-17-7-4-5-11-19(17)20/h1-12,21-22H,13-16H2. The van der Waals surface area contributed by atoms with E-state index in [1.165, 1.54) is 21.9 Å². The predicted molar refractivity (Wildman–Crippen MR) is 96.7 cm³/mol. The first-order valence-corrected chi connectivity index (χ1v) is 8.41. The Kier molecular flexibility index (Phi) is 4.10. The van der Waals surface area contributed by atoms with E-state index in [1.54, 1.807) is 0 Å². The Morgan fingerprint density at radius 3 is 2.26 bits per heavy atom. The van der Waals surface area contributed by atoms with Crippen LogP contribution in [0.3, 0.4) is 0 Å². The van der Waals surface area contributed by atoms with Crippen molar-refractivity contribution in [1.29, 1.82) is 0 Å². The minimum atomic E-state index is 0.324. The highest BCUT2D eigenvalue weighted by atomic mass is 15.2. The van der Waals surface area contributed by atoms with Gasteiger partial charge in [-0.05, 0) is 21.9 Å². The summed E-state index contributed by atoms with van der Waals surface area (Å²) in [5.41, 5.74) is 2.79. The van der Waals surface area contributed by atoms with Gasteiger partial charge in [0.25, 0.3) is 0 Å². The van der Waals surface area contributed by atoms with Crippen molar-refractivity contribution in [3.63, 3.8) is 0 Å². The molecular formula is C21H22N2. The molecule has 0 saturated carbocycles. The molecule has 23 heavy (non-hydrogen) atoms. The molecule has 1 unspecified atom stereocenters. The number of nitrogens with zero attached hydrogens (tertiary/aromatic N) is 1. The number of benzene rings is 3. The molecule has 1 aliphatic rings. The van der Waals surface area contributed by atoms with Crippen molar-refractivity contribution >= 4 is 10.8 Å². The molecule has 1 saturated heterocycles. The summed E-state index contributed by atoms with van der Waals surface area (Å²) in [6.45, 7) is 4.30. The van der Waals surface area contributed by atoms with Crippen LogP contribution >= 0.6 is 0 Å². The van der Waals surface area contributed by atoms with Gasteiger partial charge in [-0.1, -0.05) is 72.8 Å². The van der Waals surface area contributed by atoms with E-state index in [0.717, 1.165) is 26.2 Å². The molecule has 0 aliphatic carbocycles. The quantitative estimate of drug-likeness (QED) is 0.791. The maximum absolute atomic E-state index is 3.47. The minimum Gasteiger partial charge on any atom is -0.314 e. The summed E-state index contributed by atoms with van der Waals surface area (Å²) < 4.78 is 0. The predicted octanol–water partition coefficient (Wildman–Crippen LogP) is 3.83. The lowest BCUT2D eigenvalue weighted by molar-refractivity contribution is 0.199. The molecule has 0 aromatic heterocycles. The third-order valence-corrected chi connectivity index (χ3v) is 4.75. The largest absolute Gasteiger partial charge is 0.314 e. The summed E-state index contributed by atoms with van der Waals surface area (Å²) in [7, 11) is 0. The highest BCUT2D eigenvalue weighted by Crippen LogP contribution is 2.33. The number of fused-ring (bicyclic) bond motifs is 1. The van der Waals surface area contributed by atoms with Gasteiger partial charge in [-0.15, -0.1) is 0 Å². The van der Waals surface area contributed by atoms with E-state index in [4.69, 9.17) is 0 Å². The van der Waals surface area contributed by atoms with Crippen LogP contribution in [0.25, 0.3) is 10.8 Å². The Hall–Kier alpha value is -2.16. The fourth-order valence-electron chi connectivity index (χ4n) is 3.65. The van der Waals surface area contributed by atoms with E-state index in [-0.39, 0.29) is 0 Å². The second kappa shape index (κ2) is 6.53. The van der Waals surface area contributed by atoms with Crippen LogP contribution in [0.1, 0.15) is 17.2 Å². The zero-order valence-corrected chi connectivity index (χ0v) is 13.3. The first kappa shape index (κ1) is 14.4. The molecule has 116 valence electrons. The van der Waals surface area contributed by atoms with Crippen LogP contribution in [0.15, 0.2) is 72.8 Å². The van der Waals surface area contributed by atoms with E-state index in [0.29, 0.717) is 6.04 Å². The molecule has 0 amide bonds. The first-order chi connectivity index (χ1) is 11.4. The molecule has 1 heterocycles. The maximum Gasteiger partial charge on any atom is 0.0608 e. The average molecular weight is 302 g/mol. The van der Waals surface area contributed by atoms with Crippen LogP contribution in [0, 0.1) is 0 Å². The second-order valence-electron chi connectivity index (χ2n) is 6.17. The second-order valence-corrected chi connectivity index (χ2v) is 6.17. The fraction of sp³-hybridized carbons (Fsp3) is 0.238. The molecule has 2 heteroatoms. The third kappa shape index (κ3) is 2.88. The van der Waals surface area contributed by atoms with E-state index < -0.39 is 0 Å². The summed E-state index contributed by atoms with van der Waals surface area (Å²) in [4.78, 5) is 2.60. The zero-order chi connectivity index (χ0) is 15.5. The molecule has 0 spiro atoms. The average Bonchev–Trinajstić information content (AvgIpc) is 2.64. The van der Waals surface area contributed by atoms with Crippen molar-refractivity contribution < 1.29 is 0 Å². The van der Waals surface area contributed by atoms with Crippen LogP contribution < -0.4 is 5.32 Å². The Balaban J connectivity index is 1.86. The zero-order valence-electron chi connectivity index (χ0n) is 13.3. The molecule has 1 N–H and O–H groups in total. The van der Waals surface area contributed by atoms with Gasteiger partial charge in [0.1, 0.15) is 0 Å². The van der Waals surface area contributed by atoms with Gasteiger partial charge in [-0.2, -0.15) is 0 Å². The van der Waals surface area contributed by atoms with Crippen molar-refractivity contribution in [3.05, 3.63) is 83.9 Å². The molecule has 4 rings (SSSR count). The van der Waals surface area contributed by atoms with Crippen molar-refractivity contribution in [2.24, 2.45) is 0 Å². The summed E-state index contributed by atoms with van der Waals surface area (Å²) in [6.07, 6.45) is 0. The smallest absolute Gasteiger partial charge is 0.0608 e. The van der Waals surface area contributed by atoms with Crippen molar-refractivity contribution in [3.8, 4) is 0 Å². The Bertz CT molecular complexity index is 771. The van der Waals surface area contributed by atoms with Gasteiger partial charge in [0, 0.05) is 26.2 Å². The Morgan fingerprint density at radius 2 is 1.43 bits per heavy atom. The van der Waals surface area contributed by atoms with E-state index in [9.17, 15) is 0 Å². The molecule has 2 nitrogen and oxygen atoms in total. The molecule has 3 aromatic rings. The number of hydrogen-bond donors (Lipinski definition) is 1. The van der Waals surface area contributed by atoms with Crippen LogP contribution in [-0.2, 0) is 0 Å². The summed E-state index contributed by atoms with van der Waals surface area (Å²) in [5.74, 6) is 0. The molecule has 1 atom stereocenters. The maximum atomic E-state index is 3.47. The number of rotatable bonds is 3. The molecule has 0 radical (unpaired) electrons. The monoisotopic (exact) mass is 302 g/mol. The van der Waals surface area contributed by atoms with Crippen LogP contribution in [-0.4, -0.2) is 31.1 Å². The lowest BCUT2D eigenvalue weighted by Crippen LogP contribution is -2.45. The topological polar surface area (TPSA) is 15.3 Å². The molecule has 0 bridgehead atoms. The highest BCUT2D eigenvalue weighted by Gasteiger charge is 2.24. The van der Waals surface area contributed by atoms with E-state index in [1.807, 2.05) is 0 Å². The lowest BCUT2D eigenvalue weighted by atomic mass is 9.92. The molecule has 1 fully saturated rings. The Labute approximate surface area is 137 Å². The summed E-state index contributed by atoms with van der Waals surface area (Å²) in [5, 5.41) is 6.15.